The van der Waals surface area contributed by atoms with E-state index in [2.05, 4.69) is 16.0 Å². The summed E-state index contributed by atoms with van der Waals surface area (Å²) in [6.07, 6.45) is 0. The Balaban J connectivity index is 2.39. The van der Waals surface area contributed by atoms with Gasteiger partial charge in [0.2, 0.25) is 0 Å². The van der Waals surface area contributed by atoms with Crippen LogP contribution in [-0.2, 0) is 0 Å². The van der Waals surface area contributed by atoms with Gasteiger partial charge in [0.05, 0.1) is 12.7 Å². The Morgan fingerprint density at radius 1 is 1.21 bits per heavy atom. The topological polar surface area (TPSA) is 111 Å². The first-order chi connectivity index (χ1) is 9.12. The molecule has 0 aliphatic carbocycles. The van der Waals surface area contributed by atoms with E-state index in [0.29, 0.717) is 21.4 Å². The quantitative estimate of drug-likeness (QED) is 0.818. The second-order valence-corrected chi connectivity index (χ2v) is 4.59. The average Bonchev–Trinajstić information content (AvgIpc) is 2.37. The predicted octanol–water partition coefficient (Wildman–Crippen LogP) is 1.67. The fourth-order valence-electron chi connectivity index (χ4n) is 1.41. The van der Waals surface area contributed by atoms with Crippen LogP contribution < -0.4 is 16.2 Å². The van der Waals surface area contributed by atoms with Crippen molar-refractivity contribution < 1.29 is 4.74 Å². The van der Waals surface area contributed by atoms with Gasteiger partial charge >= 0.3 is 0 Å². The lowest BCUT2D eigenvalue weighted by Gasteiger charge is -2.06. The van der Waals surface area contributed by atoms with Crippen molar-refractivity contribution in [1.29, 1.82) is 5.26 Å². The molecule has 7 heteroatoms. The fourth-order valence-corrected chi connectivity index (χ4v) is 2.31. The van der Waals surface area contributed by atoms with E-state index in [0.717, 1.165) is 0 Å². The highest BCUT2D eigenvalue weighted by Crippen LogP contribution is 2.31. The monoisotopic (exact) mass is 273 g/mol. The number of methoxy groups -OCH3 is 1. The summed E-state index contributed by atoms with van der Waals surface area (Å²) in [5, 5.41) is 9.47. The van der Waals surface area contributed by atoms with Crippen molar-refractivity contribution in [3.05, 3.63) is 29.8 Å². The minimum absolute atomic E-state index is 0.288. The number of ether oxygens (including phenoxy) is 1. The molecule has 0 atom stereocenters. The first kappa shape index (κ1) is 13.0. The highest BCUT2D eigenvalue weighted by molar-refractivity contribution is 7.99. The van der Waals surface area contributed by atoms with E-state index in [-0.39, 0.29) is 11.6 Å². The van der Waals surface area contributed by atoms with Crippen molar-refractivity contribution in [2.75, 3.05) is 18.6 Å². The van der Waals surface area contributed by atoms with Gasteiger partial charge in [-0.25, -0.2) is 9.97 Å². The highest BCUT2D eigenvalue weighted by atomic mass is 32.2. The van der Waals surface area contributed by atoms with Gasteiger partial charge in [0.15, 0.2) is 5.16 Å². The van der Waals surface area contributed by atoms with Gasteiger partial charge in [-0.3, -0.25) is 0 Å². The first-order valence-corrected chi connectivity index (χ1v) is 6.10. The predicted molar refractivity (Wildman–Crippen MR) is 72.7 cm³/mol. The van der Waals surface area contributed by atoms with Gasteiger partial charge in [-0.05, 0) is 30.0 Å². The minimum atomic E-state index is 0.288. The van der Waals surface area contributed by atoms with Crippen LogP contribution in [0.4, 0.5) is 11.6 Å². The summed E-state index contributed by atoms with van der Waals surface area (Å²) >= 11 is 1.21. The molecule has 2 rings (SSSR count). The van der Waals surface area contributed by atoms with Gasteiger partial charge in [-0.1, -0.05) is 0 Å². The molecule has 1 aromatic carbocycles. The number of nitrogens with zero attached hydrogens (tertiary/aromatic N) is 3. The van der Waals surface area contributed by atoms with Gasteiger partial charge in [0, 0.05) is 11.0 Å². The molecule has 0 bridgehead atoms. The molecule has 19 heavy (non-hydrogen) atoms. The van der Waals surface area contributed by atoms with Crippen LogP contribution in [0.1, 0.15) is 5.56 Å². The van der Waals surface area contributed by atoms with Crippen molar-refractivity contribution in [2.45, 2.75) is 10.1 Å². The SMILES string of the molecule is COc1ccc(C#N)c(Sc2nc(N)cc(N)n2)c1. The first-order valence-electron chi connectivity index (χ1n) is 5.28. The van der Waals surface area contributed by atoms with Crippen LogP contribution in [0.25, 0.3) is 0 Å². The molecule has 96 valence electrons. The zero-order chi connectivity index (χ0) is 13.8. The molecule has 1 aromatic heterocycles. The number of benzene rings is 1. The van der Waals surface area contributed by atoms with Crippen LogP contribution >= 0.6 is 11.8 Å². The molecule has 0 radical (unpaired) electrons. The van der Waals surface area contributed by atoms with Crippen molar-refractivity contribution in [1.82, 2.24) is 9.97 Å². The van der Waals surface area contributed by atoms with Crippen LogP contribution in [0.3, 0.4) is 0 Å². The molecule has 0 fully saturated rings. The zero-order valence-corrected chi connectivity index (χ0v) is 10.9. The van der Waals surface area contributed by atoms with E-state index in [1.54, 1.807) is 25.3 Å². The summed E-state index contributed by atoms with van der Waals surface area (Å²) in [7, 11) is 1.56. The third-order valence-electron chi connectivity index (χ3n) is 2.26. The van der Waals surface area contributed by atoms with Gasteiger partial charge in [0.25, 0.3) is 0 Å². The van der Waals surface area contributed by atoms with E-state index in [1.807, 2.05) is 0 Å². The molecule has 0 aliphatic heterocycles. The number of rotatable bonds is 3. The van der Waals surface area contributed by atoms with Gasteiger partial charge in [-0.2, -0.15) is 5.26 Å². The maximum Gasteiger partial charge on any atom is 0.196 e. The Kier molecular flexibility index (Phi) is 3.73. The van der Waals surface area contributed by atoms with E-state index >= 15 is 0 Å². The Morgan fingerprint density at radius 3 is 2.47 bits per heavy atom. The molecule has 4 N–H and O–H groups in total. The maximum absolute atomic E-state index is 9.07. The lowest BCUT2D eigenvalue weighted by atomic mass is 10.2. The van der Waals surface area contributed by atoms with Gasteiger partial charge in [0.1, 0.15) is 23.5 Å². The molecule has 0 unspecified atom stereocenters. The molecule has 1 heterocycles. The molecule has 0 aliphatic rings. The maximum atomic E-state index is 9.07. The van der Waals surface area contributed by atoms with Crippen molar-refractivity contribution in [3.63, 3.8) is 0 Å². The van der Waals surface area contributed by atoms with E-state index in [9.17, 15) is 0 Å². The molecule has 0 saturated heterocycles. The Morgan fingerprint density at radius 2 is 1.89 bits per heavy atom. The summed E-state index contributed by atoms with van der Waals surface area (Å²) in [5.74, 6) is 1.23. The molecule has 6 nitrogen and oxygen atoms in total. The molecule has 0 spiro atoms. The second kappa shape index (κ2) is 5.46. The summed E-state index contributed by atoms with van der Waals surface area (Å²) in [6.45, 7) is 0. The Bertz CT molecular complexity index is 633. The van der Waals surface area contributed by atoms with E-state index in [4.69, 9.17) is 21.5 Å². The summed E-state index contributed by atoms with van der Waals surface area (Å²) in [5.41, 5.74) is 11.7. The van der Waals surface area contributed by atoms with Crippen LogP contribution in [0.15, 0.2) is 34.3 Å². The number of aromatic nitrogens is 2. The Hall–Kier alpha value is -2.46. The number of hydrogen-bond donors (Lipinski definition) is 2. The lowest BCUT2D eigenvalue weighted by Crippen LogP contribution is -1.99. The fraction of sp³-hybridized carbons (Fsp3) is 0.0833. The van der Waals surface area contributed by atoms with Crippen LogP contribution in [-0.4, -0.2) is 17.1 Å². The third-order valence-corrected chi connectivity index (χ3v) is 3.18. The number of nitrogens with two attached hydrogens (primary N) is 2. The lowest BCUT2D eigenvalue weighted by molar-refractivity contribution is 0.413. The summed E-state index contributed by atoms with van der Waals surface area (Å²) < 4.78 is 5.13. The smallest absolute Gasteiger partial charge is 0.196 e. The number of nitrogen functional groups attached to an aromatic ring is 2. The average molecular weight is 273 g/mol. The van der Waals surface area contributed by atoms with Crippen molar-refractivity contribution in [3.8, 4) is 11.8 Å². The minimum Gasteiger partial charge on any atom is -0.497 e. The normalized spacial score (nSPS) is 9.89. The highest BCUT2D eigenvalue weighted by Gasteiger charge is 2.09. The molecule has 2 aromatic rings. The second-order valence-electron chi connectivity index (χ2n) is 3.58. The summed E-state index contributed by atoms with van der Waals surface area (Å²) in [4.78, 5) is 8.81. The van der Waals surface area contributed by atoms with Crippen molar-refractivity contribution in [2.24, 2.45) is 0 Å². The molecule has 0 amide bonds. The van der Waals surface area contributed by atoms with Gasteiger partial charge < -0.3 is 16.2 Å². The number of nitriles is 1. The third kappa shape index (κ3) is 3.05. The molecule has 0 saturated carbocycles. The standard InChI is InChI=1S/C12H11N5OS/c1-18-8-3-2-7(6-13)9(4-8)19-12-16-10(14)5-11(15)17-12/h2-5H,1H3,(H4,14,15,16,17). The van der Waals surface area contributed by atoms with E-state index in [1.165, 1.54) is 17.8 Å². The molecular formula is C12H11N5OS. The number of anilines is 2. The number of hydrogen-bond acceptors (Lipinski definition) is 7. The van der Waals surface area contributed by atoms with Crippen LogP contribution in [0.5, 0.6) is 5.75 Å². The van der Waals surface area contributed by atoms with E-state index < -0.39 is 0 Å². The van der Waals surface area contributed by atoms with Crippen LogP contribution in [0, 0.1) is 11.3 Å². The Labute approximate surface area is 114 Å². The molecular weight excluding hydrogens is 262 g/mol. The van der Waals surface area contributed by atoms with Crippen molar-refractivity contribution >= 4 is 23.4 Å². The van der Waals surface area contributed by atoms with Crippen LogP contribution in [0.2, 0.25) is 0 Å². The zero-order valence-electron chi connectivity index (χ0n) is 10.1. The van der Waals surface area contributed by atoms with Gasteiger partial charge in [-0.15, -0.1) is 0 Å². The summed E-state index contributed by atoms with van der Waals surface area (Å²) in [6, 6.07) is 8.71. The largest absolute Gasteiger partial charge is 0.497 e.